The highest BCUT2D eigenvalue weighted by atomic mass is 16.5. The number of anilines is 1. The summed E-state index contributed by atoms with van der Waals surface area (Å²) in [6.45, 7) is 2.22. The number of likely N-dealkylation sites (N-methyl/N-ethyl adjacent to an activating group) is 1. The lowest BCUT2D eigenvalue weighted by Crippen LogP contribution is -2.52. The molecule has 1 unspecified atom stereocenters. The zero-order valence-corrected chi connectivity index (χ0v) is 25.9. The average Bonchev–Trinajstić information content (AvgIpc) is 3.37. The van der Waals surface area contributed by atoms with Crippen LogP contribution in [0.3, 0.4) is 0 Å². The number of carbonyl (C=O) groups is 4. The molecule has 45 heavy (non-hydrogen) atoms. The smallest absolute Gasteiger partial charge is 0.255 e. The summed E-state index contributed by atoms with van der Waals surface area (Å²) < 4.78 is 11.1. The number of nitrogens with two attached hydrogens (primary N) is 1. The Labute approximate surface area is 263 Å². The van der Waals surface area contributed by atoms with E-state index in [0.717, 1.165) is 43.4 Å². The standard InChI is InChI=1S/C34H41N5O6/c1-38(25-12-10-24(11-13-25)36-32(41)23-9-14-28(35)30(20-23)44-2)17-19-45-18-4-3-6-22-7-5-8-26-27(22)21-39(34(26)43)29-15-16-31(40)37-33(29)42/h5,7-9,14,20,24-25,29H,4,10-13,15-19,21,35H2,1-2H3,(H,36,41)(H,37,40,42). The predicted molar refractivity (Wildman–Crippen MR) is 168 cm³/mol. The fourth-order valence-electron chi connectivity index (χ4n) is 6.26. The lowest BCUT2D eigenvalue weighted by molar-refractivity contribution is -0.136. The van der Waals surface area contributed by atoms with Crippen LogP contribution in [0, 0.1) is 11.8 Å². The van der Waals surface area contributed by atoms with Crippen molar-refractivity contribution in [1.29, 1.82) is 0 Å². The van der Waals surface area contributed by atoms with Gasteiger partial charge in [-0.1, -0.05) is 17.9 Å². The second-order valence-corrected chi connectivity index (χ2v) is 11.8. The molecule has 1 aliphatic carbocycles. The van der Waals surface area contributed by atoms with E-state index in [4.69, 9.17) is 15.2 Å². The van der Waals surface area contributed by atoms with E-state index in [2.05, 4.69) is 34.4 Å². The molecule has 0 bridgehead atoms. The third-order valence-electron chi connectivity index (χ3n) is 8.92. The van der Waals surface area contributed by atoms with Crippen molar-refractivity contribution in [3.05, 3.63) is 58.7 Å². The van der Waals surface area contributed by atoms with Gasteiger partial charge in [-0.05, 0) is 75.0 Å². The van der Waals surface area contributed by atoms with Crippen molar-refractivity contribution in [2.24, 2.45) is 0 Å². The van der Waals surface area contributed by atoms with Crippen molar-refractivity contribution >= 4 is 29.3 Å². The van der Waals surface area contributed by atoms with Crippen molar-refractivity contribution in [1.82, 2.24) is 20.4 Å². The van der Waals surface area contributed by atoms with E-state index in [0.29, 0.717) is 61.2 Å². The predicted octanol–water partition coefficient (Wildman–Crippen LogP) is 2.47. The van der Waals surface area contributed by atoms with Crippen LogP contribution in [-0.4, -0.2) is 85.5 Å². The Morgan fingerprint density at radius 1 is 1.11 bits per heavy atom. The number of carbonyl (C=O) groups excluding carboxylic acids is 4. The first-order valence-electron chi connectivity index (χ1n) is 15.5. The van der Waals surface area contributed by atoms with E-state index < -0.39 is 11.9 Å². The molecule has 2 aromatic carbocycles. The van der Waals surface area contributed by atoms with Gasteiger partial charge in [0.05, 0.1) is 26.0 Å². The number of nitrogen functional groups attached to an aromatic ring is 1. The molecule has 1 saturated carbocycles. The molecule has 4 N–H and O–H groups in total. The van der Waals surface area contributed by atoms with Crippen LogP contribution in [-0.2, 0) is 20.9 Å². The minimum Gasteiger partial charge on any atom is -0.495 e. The molecule has 2 aromatic rings. The molecule has 11 nitrogen and oxygen atoms in total. The largest absolute Gasteiger partial charge is 0.495 e. The number of amides is 4. The van der Waals surface area contributed by atoms with Crippen LogP contribution in [0.25, 0.3) is 0 Å². The normalized spacial score (nSPS) is 21.2. The van der Waals surface area contributed by atoms with Gasteiger partial charge in [-0.25, -0.2) is 0 Å². The van der Waals surface area contributed by atoms with Crippen LogP contribution in [0.15, 0.2) is 36.4 Å². The lowest BCUT2D eigenvalue weighted by Gasteiger charge is -2.35. The molecule has 11 heteroatoms. The maximum Gasteiger partial charge on any atom is 0.255 e. The van der Waals surface area contributed by atoms with Gasteiger partial charge in [-0.3, -0.25) is 24.5 Å². The summed E-state index contributed by atoms with van der Waals surface area (Å²) in [6.07, 6.45) is 4.96. The number of hydrogen-bond donors (Lipinski definition) is 3. The Balaban J connectivity index is 1.00. The first-order valence-corrected chi connectivity index (χ1v) is 15.5. The summed E-state index contributed by atoms with van der Waals surface area (Å²) >= 11 is 0. The maximum absolute atomic E-state index is 13.0. The molecule has 1 saturated heterocycles. The van der Waals surface area contributed by atoms with Crippen molar-refractivity contribution in [2.45, 2.75) is 69.6 Å². The maximum atomic E-state index is 13.0. The first kappa shape index (κ1) is 32.0. The molecule has 2 aliphatic heterocycles. The van der Waals surface area contributed by atoms with Gasteiger partial charge in [0.1, 0.15) is 11.8 Å². The second-order valence-electron chi connectivity index (χ2n) is 11.8. The van der Waals surface area contributed by atoms with Crippen LogP contribution in [0.4, 0.5) is 5.69 Å². The molecule has 5 rings (SSSR count). The minimum absolute atomic E-state index is 0.110. The molecule has 238 valence electrons. The van der Waals surface area contributed by atoms with Gasteiger partial charge in [-0.2, -0.15) is 0 Å². The fraction of sp³-hybridized carbons (Fsp3) is 0.471. The van der Waals surface area contributed by atoms with Crippen molar-refractivity contribution < 1.29 is 28.7 Å². The van der Waals surface area contributed by atoms with Crippen LogP contribution in [0.5, 0.6) is 5.75 Å². The number of fused-ring (bicyclic) bond motifs is 1. The lowest BCUT2D eigenvalue weighted by atomic mass is 9.90. The Hall–Kier alpha value is -4.40. The molecule has 2 heterocycles. The Bertz CT molecular complexity index is 1510. The molecule has 1 atom stereocenters. The molecule has 0 aromatic heterocycles. The Kier molecular flexibility index (Phi) is 10.4. The Morgan fingerprint density at radius 3 is 2.67 bits per heavy atom. The van der Waals surface area contributed by atoms with Gasteiger partial charge in [0.15, 0.2) is 0 Å². The molecule has 0 spiro atoms. The monoisotopic (exact) mass is 615 g/mol. The number of methoxy groups -OCH3 is 1. The number of rotatable bonds is 10. The van der Waals surface area contributed by atoms with Gasteiger partial charge < -0.3 is 30.3 Å². The summed E-state index contributed by atoms with van der Waals surface area (Å²) in [6, 6.07) is 10.5. The third-order valence-corrected chi connectivity index (χ3v) is 8.92. The highest BCUT2D eigenvalue weighted by Gasteiger charge is 2.39. The van der Waals surface area contributed by atoms with Crippen LogP contribution in [0.2, 0.25) is 0 Å². The zero-order chi connectivity index (χ0) is 31.9. The van der Waals surface area contributed by atoms with E-state index in [1.807, 2.05) is 6.07 Å². The van der Waals surface area contributed by atoms with Crippen LogP contribution in [0.1, 0.15) is 76.8 Å². The molecule has 2 fully saturated rings. The summed E-state index contributed by atoms with van der Waals surface area (Å²) in [5.41, 5.74) is 9.06. The quantitative estimate of drug-likeness (QED) is 0.160. The topological polar surface area (TPSA) is 143 Å². The number of nitrogens with zero attached hydrogens (tertiary/aromatic N) is 2. The second kappa shape index (κ2) is 14.6. The highest BCUT2D eigenvalue weighted by molar-refractivity contribution is 6.05. The van der Waals surface area contributed by atoms with Gasteiger partial charge in [-0.15, -0.1) is 0 Å². The Morgan fingerprint density at radius 2 is 1.91 bits per heavy atom. The van der Waals surface area contributed by atoms with Crippen molar-refractivity contribution in [3.8, 4) is 17.6 Å². The van der Waals surface area contributed by atoms with Crippen LogP contribution < -0.4 is 21.1 Å². The molecular weight excluding hydrogens is 574 g/mol. The van der Waals surface area contributed by atoms with Gasteiger partial charge >= 0.3 is 0 Å². The first-order chi connectivity index (χ1) is 21.7. The van der Waals surface area contributed by atoms with E-state index in [9.17, 15) is 19.2 Å². The number of hydrogen-bond acceptors (Lipinski definition) is 8. The van der Waals surface area contributed by atoms with E-state index in [1.54, 1.807) is 35.2 Å². The summed E-state index contributed by atoms with van der Waals surface area (Å²) in [5, 5.41) is 5.48. The van der Waals surface area contributed by atoms with E-state index >= 15 is 0 Å². The number of nitrogens with one attached hydrogen (secondary N) is 2. The van der Waals surface area contributed by atoms with E-state index in [1.165, 1.54) is 7.11 Å². The minimum atomic E-state index is -0.642. The van der Waals surface area contributed by atoms with Crippen molar-refractivity contribution in [3.63, 3.8) is 0 Å². The number of piperidine rings is 1. The van der Waals surface area contributed by atoms with Gasteiger partial charge in [0.25, 0.3) is 11.8 Å². The molecular formula is C34H41N5O6. The molecule has 4 amide bonds. The third kappa shape index (κ3) is 7.64. The average molecular weight is 616 g/mol. The number of imide groups is 1. The summed E-state index contributed by atoms with van der Waals surface area (Å²) in [7, 11) is 3.65. The van der Waals surface area contributed by atoms with E-state index in [-0.39, 0.29) is 30.2 Å². The van der Waals surface area contributed by atoms with Crippen LogP contribution >= 0.6 is 0 Å². The summed E-state index contributed by atoms with van der Waals surface area (Å²) in [4.78, 5) is 53.4. The number of ether oxygens (including phenoxy) is 2. The van der Waals surface area contributed by atoms with Gasteiger partial charge in [0.2, 0.25) is 11.8 Å². The molecule has 0 radical (unpaired) electrons. The molecule has 3 aliphatic rings. The zero-order valence-electron chi connectivity index (χ0n) is 25.9. The fourth-order valence-corrected chi connectivity index (χ4v) is 6.26. The van der Waals surface area contributed by atoms with Crippen molar-refractivity contribution in [2.75, 3.05) is 39.6 Å². The number of benzene rings is 2. The highest BCUT2D eigenvalue weighted by Crippen LogP contribution is 2.30. The van der Waals surface area contributed by atoms with Gasteiger partial charge in [0, 0.05) is 54.7 Å². The SMILES string of the molecule is COc1cc(C(=O)NC2CCC(N(C)CCOCCC#Cc3cccc4c3CN(C3CCC(=O)NC3=O)C4=O)CC2)ccc1N. The summed E-state index contributed by atoms with van der Waals surface area (Å²) in [5.74, 6) is 5.80.